The van der Waals surface area contributed by atoms with E-state index in [4.69, 9.17) is 16.3 Å². The maximum absolute atomic E-state index is 13.5. The first kappa shape index (κ1) is 24.7. The second-order valence-corrected chi connectivity index (χ2v) is 13.3. The standard InChI is InChI=1S/C29H39ClN2O3/c1-8-17(2)22-13-32(29-14-28(15-29,16-29)24(33)35-7)25(34)31-27(22,6)18-9-10-19(23(30)11-18)20-12-21(20)26(3,4)5/h9-11,13,17,20-21H,8,12,14-16H2,1-7H3,(H,31,34)/t17-,20?,21?,27?,28?,29?/m0/s1. The molecule has 1 aliphatic heterocycles. The molecule has 1 N–H and O–H groups in total. The highest BCUT2D eigenvalue weighted by molar-refractivity contribution is 6.31. The van der Waals surface area contributed by atoms with E-state index in [1.54, 1.807) is 0 Å². The number of carbonyl (C=O) groups is 2. The van der Waals surface area contributed by atoms with Crippen molar-refractivity contribution in [1.82, 2.24) is 10.2 Å². The highest BCUT2D eigenvalue weighted by Gasteiger charge is 2.75. The lowest BCUT2D eigenvalue weighted by Gasteiger charge is -2.71. The van der Waals surface area contributed by atoms with Crippen LogP contribution in [-0.4, -0.2) is 29.5 Å². The number of methoxy groups -OCH3 is 1. The Hall–Kier alpha value is -2.01. The fourth-order valence-corrected chi connectivity index (χ4v) is 7.48. The molecule has 5 aliphatic rings. The Morgan fingerprint density at radius 3 is 2.46 bits per heavy atom. The Morgan fingerprint density at radius 1 is 1.29 bits per heavy atom. The number of nitrogens with zero attached hydrogens (tertiary/aromatic N) is 1. The van der Waals surface area contributed by atoms with Crippen LogP contribution in [0.4, 0.5) is 4.79 Å². The van der Waals surface area contributed by atoms with Crippen molar-refractivity contribution in [2.75, 3.05) is 7.11 Å². The van der Waals surface area contributed by atoms with Gasteiger partial charge in [-0.25, -0.2) is 4.79 Å². The molecule has 0 aromatic heterocycles. The van der Waals surface area contributed by atoms with Crippen molar-refractivity contribution < 1.29 is 14.3 Å². The molecule has 4 aliphatic carbocycles. The summed E-state index contributed by atoms with van der Waals surface area (Å²) in [5, 5.41) is 4.14. The van der Waals surface area contributed by atoms with Gasteiger partial charge in [-0.1, -0.05) is 58.4 Å². The van der Waals surface area contributed by atoms with Crippen LogP contribution in [0.15, 0.2) is 30.0 Å². The molecule has 1 heterocycles. The van der Waals surface area contributed by atoms with Crippen LogP contribution in [0, 0.1) is 22.7 Å². The maximum atomic E-state index is 13.5. The van der Waals surface area contributed by atoms with Gasteiger partial charge in [0.05, 0.1) is 23.6 Å². The normalized spacial score (nSPS) is 36.4. The first-order valence-electron chi connectivity index (χ1n) is 13.0. The molecule has 6 heteroatoms. The molecule has 2 bridgehead atoms. The zero-order chi connectivity index (χ0) is 25.6. The molecule has 5 nitrogen and oxygen atoms in total. The number of esters is 1. The minimum atomic E-state index is -0.637. The molecule has 3 unspecified atom stereocenters. The number of carbonyl (C=O) groups excluding carboxylic acids is 2. The summed E-state index contributed by atoms with van der Waals surface area (Å²) in [6.07, 6.45) is 6.25. The van der Waals surface area contributed by atoms with Crippen molar-refractivity contribution in [3.8, 4) is 0 Å². The average molecular weight is 499 g/mol. The summed E-state index contributed by atoms with van der Waals surface area (Å²) in [5.74, 6) is 1.29. The number of ether oxygens (including phenoxy) is 1. The van der Waals surface area contributed by atoms with Crippen LogP contribution in [0.25, 0.3) is 0 Å². The van der Waals surface area contributed by atoms with Gasteiger partial charge in [0.2, 0.25) is 0 Å². The summed E-state index contributed by atoms with van der Waals surface area (Å²) in [6.45, 7) is 13.4. The zero-order valence-electron chi connectivity index (χ0n) is 22.1. The number of urea groups is 1. The Labute approximate surface area is 214 Å². The summed E-state index contributed by atoms with van der Waals surface area (Å²) in [6, 6.07) is 6.29. The van der Waals surface area contributed by atoms with E-state index in [1.807, 2.05) is 4.90 Å². The third kappa shape index (κ3) is 3.55. The smallest absolute Gasteiger partial charge is 0.322 e. The number of hydrogen-bond donors (Lipinski definition) is 1. The third-order valence-corrected chi connectivity index (χ3v) is 9.90. The van der Waals surface area contributed by atoms with Gasteiger partial charge in [0.25, 0.3) is 0 Å². The van der Waals surface area contributed by atoms with Crippen LogP contribution in [0.3, 0.4) is 0 Å². The van der Waals surface area contributed by atoms with Crippen molar-refractivity contribution >= 4 is 23.6 Å². The fraction of sp³-hybridized carbons (Fsp3) is 0.655. The monoisotopic (exact) mass is 498 g/mol. The maximum Gasteiger partial charge on any atom is 0.322 e. The topological polar surface area (TPSA) is 58.6 Å². The van der Waals surface area contributed by atoms with Gasteiger partial charge in [0.1, 0.15) is 0 Å². The molecule has 1 aromatic carbocycles. The summed E-state index contributed by atoms with van der Waals surface area (Å²) in [7, 11) is 1.44. The van der Waals surface area contributed by atoms with E-state index in [-0.39, 0.29) is 28.9 Å². The van der Waals surface area contributed by atoms with E-state index in [0.29, 0.717) is 31.1 Å². The van der Waals surface area contributed by atoms with Gasteiger partial charge < -0.3 is 10.1 Å². The van der Waals surface area contributed by atoms with Crippen LogP contribution in [0.2, 0.25) is 5.02 Å². The largest absolute Gasteiger partial charge is 0.469 e. The molecule has 0 saturated heterocycles. The molecule has 6 rings (SSSR count). The summed E-state index contributed by atoms with van der Waals surface area (Å²) in [4.78, 5) is 27.5. The zero-order valence-corrected chi connectivity index (χ0v) is 22.9. The Bertz CT molecular complexity index is 1100. The number of hydrogen-bond acceptors (Lipinski definition) is 3. The van der Waals surface area contributed by atoms with Crippen LogP contribution in [0.1, 0.15) is 90.7 Å². The predicted molar refractivity (Wildman–Crippen MR) is 138 cm³/mol. The Morgan fingerprint density at radius 2 is 1.94 bits per heavy atom. The Kier molecular flexibility index (Phi) is 5.46. The lowest BCUT2D eigenvalue weighted by atomic mass is 9.38. The van der Waals surface area contributed by atoms with Crippen molar-refractivity contribution in [2.24, 2.45) is 22.7 Å². The van der Waals surface area contributed by atoms with Crippen molar-refractivity contribution in [3.63, 3.8) is 0 Å². The van der Waals surface area contributed by atoms with Crippen molar-refractivity contribution in [2.45, 2.75) is 90.6 Å². The highest BCUT2D eigenvalue weighted by atomic mass is 35.5. The molecule has 0 spiro atoms. The predicted octanol–water partition coefficient (Wildman–Crippen LogP) is 6.76. The van der Waals surface area contributed by atoms with Crippen LogP contribution < -0.4 is 5.32 Å². The van der Waals surface area contributed by atoms with E-state index < -0.39 is 11.0 Å². The van der Waals surface area contributed by atoms with Gasteiger partial charge in [-0.15, -0.1) is 0 Å². The van der Waals surface area contributed by atoms with Crippen LogP contribution in [-0.2, 0) is 15.1 Å². The summed E-state index contributed by atoms with van der Waals surface area (Å²) >= 11 is 6.87. The van der Waals surface area contributed by atoms with Gasteiger partial charge in [0.15, 0.2) is 0 Å². The van der Waals surface area contributed by atoms with Gasteiger partial charge >= 0.3 is 12.0 Å². The van der Waals surface area contributed by atoms with Crippen molar-refractivity contribution in [3.05, 3.63) is 46.1 Å². The second-order valence-electron chi connectivity index (χ2n) is 12.9. The minimum Gasteiger partial charge on any atom is -0.469 e. The molecule has 4 atom stereocenters. The van der Waals surface area contributed by atoms with Crippen molar-refractivity contribution in [1.29, 1.82) is 0 Å². The molecular formula is C29H39ClN2O3. The first-order chi connectivity index (χ1) is 16.3. The second kappa shape index (κ2) is 7.74. The van der Waals surface area contributed by atoms with E-state index in [1.165, 1.54) is 24.7 Å². The van der Waals surface area contributed by atoms with Crippen LogP contribution in [0.5, 0.6) is 0 Å². The van der Waals surface area contributed by atoms with E-state index in [2.05, 4.69) is 71.3 Å². The van der Waals surface area contributed by atoms with E-state index >= 15 is 0 Å². The molecule has 2 amide bonds. The lowest BCUT2D eigenvalue weighted by Crippen LogP contribution is -2.78. The molecule has 35 heavy (non-hydrogen) atoms. The molecule has 4 saturated carbocycles. The molecule has 190 valence electrons. The Balaban J connectivity index is 1.45. The average Bonchev–Trinajstić information content (AvgIpc) is 3.53. The lowest BCUT2D eigenvalue weighted by molar-refractivity contribution is -0.218. The number of nitrogens with one attached hydrogen (secondary N) is 1. The van der Waals surface area contributed by atoms with E-state index in [9.17, 15) is 9.59 Å². The fourth-order valence-electron chi connectivity index (χ4n) is 7.16. The van der Waals surface area contributed by atoms with Gasteiger partial charge in [-0.3, -0.25) is 9.69 Å². The van der Waals surface area contributed by atoms with Crippen LogP contribution >= 0.6 is 11.6 Å². The van der Waals surface area contributed by atoms with E-state index in [0.717, 1.165) is 17.0 Å². The first-order valence-corrected chi connectivity index (χ1v) is 13.4. The minimum absolute atomic E-state index is 0.104. The number of benzene rings is 1. The van der Waals surface area contributed by atoms with Gasteiger partial charge in [0, 0.05) is 11.2 Å². The molecule has 1 aromatic rings. The number of halogens is 1. The summed E-state index contributed by atoms with van der Waals surface area (Å²) < 4.78 is 5.00. The number of amides is 2. The summed E-state index contributed by atoms with van der Waals surface area (Å²) in [5.41, 5.74) is 2.40. The quantitative estimate of drug-likeness (QED) is 0.441. The van der Waals surface area contributed by atoms with Gasteiger partial charge in [-0.2, -0.15) is 0 Å². The molecule has 0 radical (unpaired) electrons. The molecule has 4 fully saturated rings. The molecular weight excluding hydrogens is 460 g/mol. The number of rotatable bonds is 6. The van der Waals surface area contributed by atoms with Gasteiger partial charge in [-0.05, 0) is 85.0 Å². The highest BCUT2D eigenvalue weighted by Crippen LogP contribution is 2.71. The third-order valence-electron chi connectivity index (χ3n) is 9.58. The SMILES string of the molecule is CC[C@H](C)C1=CN(C23CC(C(=O)OC)(C2)C3)C(=O)NC1(C)c1ccc(C2CC2C(C)(C)C)c(Cl)c1.